The summed E-state index contributed by atoms with van der Waals surface area (Å²) in [7, 11) is 0. The molecule has 2 N–H and O–H groups in total. The van der Waals surface area contributed by atoms with Crippen LogP contribution in [0, 0.1) is 0 Å². The van der Waals surface area contributed by atoms with Gasteiger partial charge in [0.15, 0.2) is 0 Å². The van der Waals surface area contributed by atoms with Crippen LogP contribution in [0.15, 0.2) is 17.5 Å². The van der Waals surface area contributed by atoms with Crippen molar-refractivity contribution in [1.29, 1.82) is 0 Å². The zero-order valence-electron chi connectivity index (χ0n) is 12.4. The van der Waals surface area contributed by atoms with E-state index in [-0.39, 0.29) is 12.3 Å². The smallest absolute Gasteiger partial charge is 0.391 e. The Labute approximate surface area is 139 Å². The summed E-state index contributed by atoms with van der Waals surface area (Å²) in [4.78, 5) is 37.2. The van der Waals surface area contributed by atoms with E-state index in [0.717, 1.165) is 0 Å². The molecule has 1 aromatic rings. The number of carboxylic acids is 1. The number of carbonyl (C=O) groups excluding carboxylic acids is 2. The van der Waals surface area contributed by atoms with E-state index in [1.54, 1.807) is 17.5 Å². The van der Waals surface area contributed by atoms with E-state index in [4.69, 9.17) is 5.11 Å². The van der Waals surface area contributed by atoms with Gasteiger partial charge in [0.05, 0.1) is 11.3 Å². The maximum Gasteiger partial charge on any atom is 0.391 e. The molecule has 2 heterocycles. The average Bonchev–Trinajstić information content (AvgIpc) is 3.15. The maximum absolute atomic E-state index is 12.4. The van der Waals surface area contributed by atoms with Gasteiger partial charge in [-0.2, -0.15) is 13.2 Å². The van der Waals surface area contributed by atoms with E-state index in [9.17, 15) is 27.6 Å². The van der Waals surface area contributed by atoms with Crippen molar-refractivity contribution in [2.75, 3.05) is 6.54 Å². The largest absolute Gasteiger partial charge is 0.480 e. The average molecular weight is 364 g/mol. The van der Waals surface area contributed by atoms with Crippen molar-refractivity contribution < 1.29 is 32.7 Å². The van der Waals surface area contributed by atoms with Gasteiger partial charge in [-0.05, 0) is 24.3 Å². The second-order valence-electron chi connectivity index (χ2n) is 5.35. The topological polar surface area (TPSA) is 86.7 Å². The highest BCUT2D eigenvalue weighted by Gasteiger charge is 2.40. The van der Waals surface area contributed by atoms with Crippen LogP contribution in [0.4, 0.5) is 13.2 Å². The van der Waals surface area contributed by atoms with Crippen LogP contribution in [-0.4, -0.2) is 52.6 Å². The van der Waals surface area contributed by atoms with Crippen molar-refractivity contribution in [1.82, 2.24) is 10.2 Å². The quantitative estimate of drug-likeness (QED) is 0.835. The highest BCUT2D eigenvalue weighted by molar-refractivity contribution is 7.12. The standard InChI is InChI=1S/C14H15F3N2O4S/c15-14(16,17)7-8(13(22)23)18-11(20)9-3-1-5-19(9)12(21)10-4-2-6-24-10/h2,4,6,8-9H,1,3,5,7H2,(H,18,20)(H,22,23). The fraction of sp³-hybridized carbons (Fsp3) is 0.500. The van der Waals surface area contributed by atoms with Gasteiger partial charge in [-0.25, -0.2) is 4.79 Å². The first-order valence-electron chi connectivity index (χ1n) is 7.13. The van der Waals surface area contributed by atoms with Gasteiger partial charge in [0.25, 0.3) is 5.91 Å². The molecule has 0 aliphatic carbocycles. The second kappa shape index (κ2) is 7.20. The molecule has 24 heavy (non-hydrogen) atoms. The molecule has 1 aliphatic heterocycles. The SMILES string of the molecule is O=C(O)C(CC(F)(F)F)NC(=O)C1CCCN1C(=O)c1cccs1. The maximum atomic E-state index is 12.4. The van der Waals surface area contributed by atoms with Crippen LogP contribution in [0.3, 0.4) is 0 Å². The third kappa shape index (κ3) is 4.47. The Morgan fingerprint density at radius 3 is 2.67 bits per heavy atom. The molecule has 0 bridgehead atoms. The van der Waals surface area contributed by atoms with Gasteiger partial charge in [0, 0.05) is 6.54 Å². The summed E-state index contributed by atoms with van der Waals surface area (Å²) in [5.41, 5.74) is 0. The third-order valence-electron chi connectivity index (χ3n) is 3.60. The van der Waals surface area contributed by atoms with Crippen LogP contribution in [0.2, 0.25) is 0 Å². The summed E-state index contributed by atoms with van der Waals surface area (Å²) >= 11 is 1.19. The molecule has 0 aromatic carbocycles. The molecular formula is C14H15F3N2O4S. The Bertz CT molecular complexity index is 618. The predicted octanol–water partition coefficient (Wildman–Crippen LogP) is 1.87. The van der Waals surface area contributed by atoms with Gasteiger partial charge in [-0.15, -0.1) is 11.3 Å². The highest BCUT2D eigenvalue weighted by Crippen LogP contribution is 2.24. The number of nitrogens with one attached hydrogen (secondary N) is 1. The van der Waals surface area contributed by atoms with Crippen molar-refractivity contribution in [2.24, 2.45) is 0 Å². The monoisotopic (exact) mass is 364 g/mol. The summed E-state index contributed by atoms with van der Waals surface area (Å²) in [6.45, 7) is 0.297. The van der Waals surface area contributed by atoms with Gasteiger partial charge < -0.3 is 15.3 Å². The molecular weight excluding hydrogens is 349 g/mol. The Morgan fingerprint density at radius 2 is 2.12 bits per heavy atom. The molecule has 132 valence electrons. The Hall–Kier alpha value is -2.10. The van der Waals surface area contributed by atoms with Crippen LogP contribution in [0.25, 0.3) is 0 Å². The van der Waals surface area contributed by atoms with E-state index in [0.29, 0.717) is 17.8 Å². The number of alkyl halides is 3. The van der Waals surface area contributed by atoms with E-state index >= 15 is 0 Å². The summed E-state index contributed by atoms with van der Waals surface area (Å²) < 4.78 is 37.2. The Morgan fingerprint density at radius 1 is 1.42 bits per heavy atom. The van der Waals surface area contributed by atoms with Crippen molar-refractivity contribution in [3.05, 3.63) is 22.4 Å². The van der Waals surface area contributed by atoms with E-state index in [2.05, 4.69) is 0 Å². The minimum atomic E-state index is -4.72. The second-order valence-corrected chi connectivity index (χ2v) is 6.30. The number of rotatable bonds is 5. The fourth-order valence-electron chi connectivity index (χ4n) is 2.52. The first kappa shape index (κ1) is 18.2. The molecule has 1 aromatic heterocycles. The zero-order chi connectivity index (χ0) is 17.9. The van der Waals surface area contributed by atoms with Gasteiger partial charge in [-0.3, -0.25) is 9.59 Å². The molecule has 6 nitrogen and oxygen atoms in total. The van der Waals surface area contributed by atoms with Gasteiger partial charge in [0.2, 0.25) is 5.91 Å². The normalized spacial score (nSPS) is 19.1. The molecule has 0 saturated carbocycles. The molecule has 0 spiro atoms. The number of likely N-dealkylation sites (tertiary alicyclic amines) is 1. The third-order valence-corrected chi connectivity index (χ3v) is 4.46. The lowest BCUT2D eigenvalue weighted by Crippen LogP contribution is -2.51. The van der Waals surface area contributed by atoms with Crippen LogP contribution in [0.5, 0.6) is 0 Å². The summed E-state index contributed by atoms with van der Waals surface area (Å²) in [6.07, 6.45) is -5.59. The van der Waals surface area contributed by atoms with E-state index < -0.39 is 36.6 Å². The number of aliphatic carboxylic acids is 1. The lowest BCUT2D eigenvalue weighted by molar-refractivity contribution is -0.160. The minimum Gasteiger partial charge on any atom is -0.480 e. The Balaban J connectivity index is 2.07. The van der Waals surface area contributed by atoms with Crippen LogP contribution < -0.4 is 5.32 Å². The summed E-state index contributed by atoms with van der Waals surface area (Å²) in [6, 6.07) is 0.225. The van der Waals surface area contributed by atoms with E-state index in [1.807, 2.05) is 5.32 Å². The molecule has 1 aliphatic rings. The van der Waals surface area contributed by atoms with Gasteiger partial charge >= 0.3 is 12.1 Å². The van der Waals surface area contributed by atoms with Crippen molar-refractivity contribution in [2.45, 2.75) is 37.5 Å². The fourth-order valence-corrected chi connectivity index (χ4v) is 3.20. The van der Waals surface area contributed by atoms with Gasteiger partial charge in [-0.1, -0.05) is 6.07 Å². The number of halogens is 3. The number of nitrogens with zero attached hydrogens (tertiary/aromatic N) is 1. The molecule has 2 rings (SSSR count). The zero-order valence-corrected chi connectivity index (χ0v) is 13.2. The number of carbonyl (C=O) groups is 3. The summed E-state index contributed by atoms with van der Waals surface area (Å²) in [5, 5.41) is 12.5. The molecule has 0 radical (unpaired) electrons. The number of hydrogen-bond acceptors (Lipinski definition) is 4. The van der Waals surface area contributed by atoms with Crippen molar-refractivity contribution in [3.63, 3.8) is 0 Å². The molecule has 2 atom stereocenters. The number of hydrogen-bond donors (Lipinski definition) is 2. The lowest BCUT2D eigenvalue weighted by atomic mass is 10.1. The van der Waals surface area contributed by atoms with E-state index in [1.165, 1.54) is 16.2 Å². The van der Waals surface area contributed by atoms with Crippen molar-refractivity contribution in [3.8, 4) is 0 Å². The van der Waals surface area contributed by atoms with Crippen LogP contribution >= 0.6 is 11.3 Å². The lowest BCUT2D eigenvalue weighted by Gasteiger charge is -2.25. The van der Waals surface area contributed by atoms with Gasteiger partial charge in [0.1, 0.15) is 12.1 Å². The van der Waals surface area contributed by atoms with Crippen molar-refractivity contribution >= 4 is 29.1 Å². The molecule has 2 amide bonds. The highest BCUT2D eigenvalue weighted by atomic mass is 32.1. The minimum absolute atomic E-state index is 0.279. The predicted molar refractivity (Wildman–Crippen MR) is 78.6 cm³/mol. The molecule has 10 heteroatoms. The molecule has 2 unspecified atom stereocenters. The first-order chi connectivity index (χ1) is 11.2. The summed E-state index contributed by atoms with van der Waals surface area (Å²) in [5.74, 6) is -3.03. The van der Waals surface area contributed by atoms with Crippen LogP contribution in [-0.2, 0) is 9.59 Å². The Kier molecular flexibility index (Phi) is 5.47. The number of thiophene rings is 1. The molecule has 1 fully saturated rings. The van der Waals surface area contributed by atoms with Crippen LogP contribution in [0.1, 0.15) is 28.9 Å². The number of carboxylic acid groups (broad SMARTS) is 1. The first-order valence-corrected chi connectivity index (χ1v) is 8.01. The number of amides is 2. The molecule has 1 saturated heterocycles.